The lowest BCUT2D eigenvalue weighted by molar-refractivity contribution is -0.119. The summed E-state index contributed by atoms with van der Waals surface area (Å²) >= 11 is 6.21. The maximum absolute atomic E-state index is 13.9. The Labute approximate surface area is 228 Å². The molecule has 0 aliphatic rings. The van der Waals surface area contributed by atoms with Crippen molar-refractivity contribution in [2.24, 2.45) is 0 Å². The highest BCUT2D eigenvalue weighted by atomic mass is 35.5. The highest BCUT2D eigenvalue weighted by Crippen LogP contribution is 2.37. The average Bonchev–Trinajstić information content (AvgIpc) is 2.93. The number of ether oxygens (including phenoxy) is 4. The van der Waals surface area contributed by atoms with Gasteiger partial charge in [0, 0.05) is 23.7 Å². The highest BCUT2D eigenvalue weighted by Gasteiger charge is 2.31. The Morgan fingerprint density at radius 3 is 2.21 bits per heavy atom. The van der Waals surface area contributed by atoms with E-state index in [1.54, 1.807) is 12.1 Å². The van der Waals surface area contributed by atoms with Gasteiger partial charge in [0.15, 0.2) is 11.5 Å². The van der Waals surface area contributed by atoms with Gasteiger partial charge in [0.1, 0.15) is 18.0 Å². The van der Waals surface area contributed by atoms with Crippen LogP contribution in [-0.4, -0.2) is 55.9 Å². The molecule has 3 rings (SSSR count). The average molecular weight is 563 g/mol. The number of carbonyl (C=O) groups is 1. The number of rotatable bonds is 13. The van der Waals surface area contributed by atoms with Gasteiger partial charge < -0.3 is 24.3 Å². The predicted octanol–water partition coefficient (Wildman–Crippen LogP) is 4.32. The molecule has 0 spiro atoms. The number of anilines is 1. The Hall–Kier alpha value is -3.63. The molecule has 0 saturated carbocycles. The van der Waals surface area contributed by atoms with Gasteiger partial charge in [-0.05, 0) is 48.7 Å². The third-order valence-corrected chi connectivity index (χ3v) is 7.91. The first kappa shape index (κ1) is 28.9. The van der Waals surface area contributed by atoms with Crippen molar-refractivity contribution < 1.29 is 32.2 Å². The van der Waals surface area contributed by atoms with E-state index in [-0.39, 0.29) is 22.1 Å². The Morgan fingerprint density at radius 2 is 1.55 bits per heavy atom. The van der Waals surface area contributed by atoms with Crippen molar-refractivity contribution in [2.75, 3.05) is 45.8 Å². The Kier molecular flexibility index (Phi) is 10.1. The van der Waals surface area contributed by atoms with Crippen LogP contribution in [0.2, 0.25) is 5.02 Å². The molecule has 11 heteroatoms. The van der Waals surface area contributed by atoms with Crippen LogP contribution in [0, 0.1) is 0 Å². The van der Waals surface area contributed by atoms with Gasteiger partial charge in [0.05, 0.1) is 39.0 Å². The number of amides is 1. The Morgan fingerprint density at radius 1 is 0.868 bits per heavy atom. The van der Waals surface area contributed by atoms with Gasteiger partial charge >= 0.3 is 0 Å². The zero-order valence-electron chi connectivity index (χ0n) is 21.7. The molecule has 38 heavy (non-hydrogen) atoms. The molecule has 0 saturated heterocycles. The van der Waals surface area contributed by atoms with Crippen molar-refractivity contribution in [3.8, 4) is 23.0 Å². The molecule has 9 nitrogen and oxygen atoms in total. The largest absolute Gasteiger partial charge is 0.497 e. The summed E-state index contributed by atoms with van der Waals surface area (Å²) in [5.41, 5.74) is 1.12. The van der Waals surface area contributed by atoms with Gasteiger partial charge in [-0.1, -0.05) is 29.8 Å². The van der Waals surface area contributed by atoms with E-state index in [2.05, 4.69) is 5.32 Å². The SMILES string of the molecule is COc1ccc(OC)c(N(CC(=O)NCCCc2ccccc2Cl)S(=O)(=O)c2ccc(OC)c(OC)c2)c1. The van der Waals surface area contributed by atoms with E-state index in [0.717, 1.165) is 9.87 Å². The van der Waals surface area contributed by atoms with Gasteiger partial charge in [0.2, 0.25) is 5.91 Å². The number of nitrogens with one attached hydrogen (secondary N) is 1. The first-order valence-electron chi connectivity index (χ1n) is 11.7. The smallest absolute Gasteiger partial charge is 0.265 e. The molecule has 3 aromatic rings. The van der Waals surface area contributed by atoms with Crippen molar-refractivity contribution in [3.63, 3.8) is 0 Å². The fraction of sp³-hybridized carbons (Fsp3) is 0.296. The minimum Gasteiger partial charge on any atom is -0.497 e. The number of halogens is 1. The monoisotopic (exact) mass is 562 g/mol. The molecule has 0 aromatic heterocycles. The summed E-state index contributed by atoms with van der Waals surface area (Å²) < 4.78 is 50.0. The van der Waals surface area contributed by atoms with Crippen LogP contribution in [0.25, 0.3) is 0 Å². The number of benzene rings is 3. The summed E-state index contributed by atoms with van der Waals surface area (Å²) in [5, 5.41) is 3.46. The number of hydrogen-bond acceptors (Lipinski definition) is 7. The molecule has 3 aromatic carbocycles. The number of nitrogens with zero attached hydrogens (tertiary/aromatic N) is 1. The molecule has 0 aliphatic heterocycles. The lowest BCUT2D eigenvalue weighted by atomic mass is 10.1. The summed E-state index contributed by atoms with van der Waals surface area (Å²) in [6.45, 7) is -0.157. The number of carbonyl (C=O) groups excluding carboxylic acids is 1. The van der Waals surface area contributed by atoms with Crippen LogP contribution in [0.1, 0.15) is 12.0 Å². The molecule has 0 fully saturated rings. The van der Waals surface area contributed by atoms with Crippen LogP contribution in [-0.2, 0) is 21.2 Å². The fourth-order valence-electron chi connectivity index (χ4n) is 3.79. The van der Waals surface area contributed by atoms with Gasteiger partial charge in [-0.15, -0.1) is 0 Å². The van der Waals surface area contributed by atoms with E-state index in [4.69, 9.17) is 30.5 Å². The van der Waals surface area contributed by atoms with E-state index in [0.29, 0.717) is 35.9 Å². The van der Waals surface area contributed by atoms with Crippen molar-refractivity contribution in [3.05, 3.63) is 71.2 Å². The third-order valence-electron chi connectivity index (χ3n) is 5.79. The predicted molar refractivity (Wildman–Crippen MR) is 146 cm³/mol. The van der Waals surface area contributed by atoms with Crippen LogP contribution < -0.4 is 28.6 Å². The van der Waals surface area contributed by atoms with Gasteiger partial charge in [-0.2, -0.15) is 0 Å². The molecule has 1 amide bonds. The summed E-state index contributed by atoms with van der Waals surface area (Å²) in [4.78, 5) is 12.9. The van der Waals surface area contributed by atoms with Gasteiger partial charge in [0.25, 0.3) is 10.0 Å². The molecule has 0 radical (unpaired) electrons. The number of methoxy groups -OCH3 is 4. The van der Waals surface area contributed by atoms with E-state index < -0.39 is 22.5 Å². The van der Waals surface area contributed by atoms with Crippen molar-refractivity contribution >= 4 is 33.2 Å². The Bertz CT molecular complexity index is 1370. The van der Waals surface area contributed by atoms with Gasteiger partial charge in [-0.25, -0.2) is 8.42 Å². The second-order valence-corrected chi connectivity index (χ2v) is 10.4. The third kappa shape index (κ3) is 6.81. The number of sulfonamides is 1. The van der Waals surface area contributed by atoms with Crippen LogP contribution in [0.3, 0.4) is 0 Å². The topological polar surface area (TPSA) is 103 Å². The standard InChI is InChI=1S/C27H31ClN2O7S/c1-34-20-11-13-24(35-2)23(16-20)30(38(32,33)21-12-14-25(36-3)26(17-21)37-4)18-27(31)29-15-7-9-19-8-5-6-10-22(19)28/h5-6,8,10-14,16-17H,7,9,15,18H2,1-4H3,(H,29,31). The minimum absolute atomic E-state index is 0.0912. The van der Waals surface area contributed by atoms with Gasteiger partial charge in [-0.3, -0.25) is 9.10 Å². The van der Waals surface area contributed by atoms with Crippen molar-refractivity contribution in [2.45, 2.75) is 17.7 Å². The molecule has 1 N–H and O–H groups in total. The van der Waals surface area contributed by atoms with Crippen molar-refractivity contribution in [1.82, 2.24) is 5.32 Å². The second-order valence-electron chi connectivity index (χ2n) is 8.11. The zero-order valence-corrected chi connectivity index (χ0v) is 23.3. The molecule has 204 valence electrons. The second kappa shape index (κ2) is 13.3. The summed E-state index contributed by atoms with van der Waals surface area (Å²) in [5.74, 6) is 0.760. The molecule has 0 aliphatic carbocycles. The number of hydrogen-bond donors (Lipinski definition) is 1. The van der Waals surface area contributed by atoms with Crippen LogP contribution in [0.5, 0.6) is 23.0 Å². The summed E-state index contributed by atoms with van der Waals surface area (Å²) in [6.07, 6.45) is 1.29. The normalized spacial score (nSPS) is 11.0. The maximum Gasteiger partial charge on any atom is 0.265 e. The highest BCUT2D eigenvalue weighted by molar-refractivity contribution is 7.92. The summed E-state index contributed by atoms with van der Waals surface area (Å²) in [7, 11) is 1.48. The molecular weight excluding hydrogens is 532 g/mol. The quantitative estimate of drug-likeness (QED) is 0.309. The van der Waals surface area contributed by atoms with Crippen LogP contribution >= 0.6 is 11.6 Å². The van der Waals surface area contributed by atoms with Crippen LogP contribution in [0.4, 0.5) is 5.69 Å². The zero-order chi connectivity index (χ0) is 27.7. The number of aryl methyl sites for hydroxylation is 1. The van der Waals surface area contributed by atoms with E-state index in [1.807, 2.05) is 24.3 Å². The van der Waals surface area contributed by atoms with Crippen LogP contribution in [0.15, 0.2) is 65.6 Å². The first-order chi connectivity index (χ1) is 18.2. The summed E-state index contributed by atoms with van der Waals surface area (Å²) in [6, 6.07) is 16.4. The molecule has 0 heterocycles. The fourth-order valence-corrected chi connectivity index (χ4v) is 5.46. The molecule has 0 unspecified atom stereocenters. The minimum atomic E-state index is -4.26. The van der Waals surface area contributed by atoms with E-state index in [9.17, 15) is 13.2 Å². The lowest BCUT2D eigenvalue weighted by Gasteiger charge is -2.26. The van der Waals surface area contributed by atoms with E-state index >= 15 is 0 Å². The Balaban J connectivity index is 1.89. The van der Waals surface area contributed by atoms with E-state index in [1.165, 1.54) is 52.7 Å². The molecule has 0 bridgehead atoms. The molecule has 0 atom stereocenters. The first-order valence-corrected chi connectivity index (χ1v) is 13.5. The molecular formula is C27H31ClN2O7S. The maximum atomic E-state index is 13.9. The lowest BCUT2D eigenvalue weighted by Crippen LogP contribution is -2.41. The van der Waals surface area contributed by atoms with Crippen molar-refractivity contribution in [1.29, 1.82) is 0 Å².